The highest BCUT2D eigenvalue weighted by atomic mass is 19.1. The number of carbonyl (C=O) groups excluding carboxylic acids is 1. The molecular weight excluding hydrogens is 431 g/mol. The highest BCUT2D eigenvalue weighted by molar-refractivity contribution is 5.91. The van der Waals surface area contributed by atoms with Crippen molar-refractivity contribution in [3.8, 4) is 11.5 Å². The number of hydrazine groups is 1. The van der Waals surface area contributed by atoms with E-state index < -0.39 is 5.82 Å². The van der Waals surface area contributed by atoms with Crippen molar-refractivity contribution < 1.29 is 13.9 Å². The largest absolute Gasteiger partial charge is 0.453 e. The van der Waals surface area contributed by atoms with Crippen LogP contribution in [0.25, 0.3) is 6.08 Å². The van der Waals surface area contributed by atoms with Gasteiger partial charge in [-0.2, -0.15) is 0 Å². The molecule has 1 amide bonds. The number of halogens is 1. The molecule has 0 aliphatic carbocycles. The van der Waals surface area contributed by atoms with Crippen LogP contribution in [0, 0.1) is 5.82 Å². The number of benzene rings is 2. The van der Waals surface area contributed by atoms with Crippen molar-refractivity contribution in [2.45, 2.75) is 31.3 Å². The summed E-state index contributed by atoms with van der Waals surface area (Å²) in [6.07, 6.45) is 9.11. The van der Waals surface area contributed by atoms with Gasteiger partial charge >= 0.3 is 0 Å². The first-order valence-electron chi connectivity index (χ1n) is 11.4. The molecule has 34 heavy (non-hydrogen) atoms. The van der Waals surface area contributed by atoms with E-state index in [0.717, 1.165) is 19.3 Å². The fourth-order valence-electron chi connectivity index (χ4n) is 3.93. The van der Waals surface area contributed by atoms with E-state index in [2.05, 4.69) is 40.1 Å². The first-order valence-corrected chi connectivity index (χ1v) is 11.4. The summed E-state index contributed by atoms with van der Waals surface area (Å²) < 4.78 is 19.9. The number of carbonyl (C=O) groups is 1. The highest BCUT2D eigenvalue weighted by Crippen LogP contribution is 2.25. The molecule has 1 aliphatic rings. The van der Waals surface area contributed by atoms with Crippen molar-refractivity contribution in [3.63, 3.8) is 0 Å². The summed E-state index contributed by atoms with van der Waals surface area (Å²) in [6, 6.07) is 19.1. The van der Waals surface area contributed by atoms with Gasteiger partial charge in [-0.15, -0.1) is 0 Å². The molecule has 1 aromatic heterocycles. The summed E-state index contributed by atoms with van der Waals surface area (Å²) >= 11 is 0. The van der Waals surface area contributed by atoms with E-state index in [1.54, 1.807) is 48.5 Å². The predicted molar refractivity (Wildman–Crippen MR) is 130 cm³/mol. The molecular formula is C27H29FN4O2. The number of pyridine rings is 1. The molecule has 0 bridgehead atoms. The van der Waals surface area contributed by atoms with Crippen molar-refractivity contribution >= 4 is 12.0 Å². The summed E-state index contributed by atoms with van der Waals surface area (Å²) in [5.41, 5.74) is 8.59. The van der Waals surface area contributed by atoms with E-state index in [-0.39, 0.29) is 11.7 Å². The minimum atomic E-state index is -0.502. The number of rotatable bonds is 9. The number of likely N-dealkylation sites (N-methyl/N-ethyl adjacent to an activating group) is 1. The summed E-state index contributed by atoms with van der Waals surface area (Å²) in [4.78, 5) is 18.1. The van der Waals surface area contributed by atoms with Crippen LogP contribution in [0.15, 0.2) is 79.1 Å². The average Bonchev–Trinajstić information content (AvgIpc) is 3.34. The molecule has 2 aromatic carbocycles. The van der Waals surface area contributed by atoms with Crippen LogP contribution in [0.1, 0.15) is 36.4 Å². The maximum atomic E-state index is 14.4. The molecule has 1 fully saturated rings. The Balaban J connectivity index is 1.21. The molecule has 6 nitrogen and oxygen atoms in total. The number of hydrogen-bond acceptors (Lipinski definition) is 5. The topological polar surface area (TPSA) is 66.5 Å². The Morgan fingerprint density at radius 1 is 1.18 bits per heavy atom. The Morgan fingerprint density at radius 3 is 2.79 bits per heavy atom. The molecule has 176 valence electrons. The quantitative estimate of drug-likeness (QED) is 0.446. The van der Waals surface area contributed by atoms with Crippen LogP contribution in [-0.4, -0.2) is 35.4 Å². The fraction of sp³-hybridized carbons (Fsp3) is 0.259. The lowest BCUT2D eigenvalue weighted by Crippen LogP contribution is -2.32. The fourth-order valence-corrected chi connectivity index (χ4v) is 3.93. The van der Waals surface area contributed by atoms with E-state index in [4.69, 9.17) is 4.74 Å². The number of nitrogens with one attached hydrogen (secondary N) is 2. The summed E-state index contributed by atoms with van der Waals surface area (Å²) in [5.74, 6) is -0.0483. The number of amides is 1. The third kappa shape index (κ3) is 6.50. The van der Waals surface area contributed by atoms with Gasteiger partial charge in [0, 0.05) is 37.9 Å². The van der Waals surface area contributed by atoms with Crippen LogP contribution < -0.4 is 15.6 Å². The second kappa shape index (κ2) is 11.5. The van der Waals surface area contributed by atoms with Crippen molar-refractivity contribution in [2.24, 2.45) is 0 Å². The maximum Gasteiger partial charge on any atom is 0.246 e. The van der Waals surface area contributed by atoms with Crippen molar-refractivity contribution in [1.82, 2.24) is 20.7 Å². The molecule has 3 aromatic rings. The van der Waals surface area contributed by atoms with Crippen LogP contribution in [0.4, 0.5) is 4.39 Å². The number of aromatic nitrogens is 1. The Hall–Kier alpha value is -3.55. The van der Waals surface area contributed by atoms with Crippen LogP contribution in [0.5, 0.6) is 11.5 Å². The standard InChI is InChI=1S/C27H29FN4O2/c1-32(16-6-9-22-18-25(31-30-22)21-7-3-2-4-8-21)27(33)14-12-20-11-13-26(24(28)17-20)34-23-10-5-15-29-19-23/h2-5,7-8,10-15,17,19,22,25,30-31H,6,9,16,18H2,1H3/b14-12+. The van der Waals surface area contributed by atoms with Crippen LogP contribution in [-0.2, 0) is 4.79 Å². The zero-order chi connectivity index (χ0) is 23.8. The van der Waals surface area contributed by atoms with E-state index >= 15 is 0 Å². The van der Waals surface area contributed by atoms with Gasteiger partial charge in [-0.1, -0.05) is 36.4 Å². The van der Waals surface area contributed by atoms with Gasteiger partial charge in [0.05, 0.1) is 6.20 Å². The van der Waals surface area contributed by atoms with Gasteiger partial charge in [0.15, 0.2) is 11.6 Å². The van der Waals surface area contributed by atoms with E-state index in [0.29, 0.717) is 29.9 Å². The summed E-state index contributed by atoms with van der Waals surface area (Å²) in [7, 11) is 1.78. The molecule has 0 saturated carbocycles. The van der Waals surface area contributed by atoms with Crippen molar-refractivity contribution in [2.75, 3.05) is 13.6 Å². The smallest absolute Gasteiger partial charge is 0.246 e. The molecule has 1 saturated heterocycles. The number of nitrogens with zero attached hydrogens (tertiary/aromatic N) is 2. The lowest BCUT2D eigenvalue weighted by molar-refractivity contribution is -0.124. The lowest BCUT2D eigenvalue weighted by atomic mass is 10.00. The Labute approximate surface area is 199 Å². The SMILES string of the molecule is CN(CCCC1CC(c2ccccc2)NN1)C(=O)/C=C/c1ccc(Oc2cccnc2)c(F)c1. The number of ether oxygens (including phenoxy) is 1. The zero-order valence-corrected chi connectivity index (χ0v) is 19.2. The Kier molecular flexibility index (Phi) is 8.01. The minimum absolute atomic E-state index is 0.109. The van der Waals surface area contributed by atoms with Crippen molar-refractivity contribution in [1.29, 1.82) is 0 Å². The Bertz CT molecular complexity index is 1110. The third-order valence-electron chi connectivity index (χ3n) is 5.84. The molecule has 7 heteroatoms. The van der Waals surface area contributed by atoms with E-state index in [9.17, 15) is 9.18 Å². The van der Waals surface area contributed by atoms with Gasteiger partial charge in [-0.05, 0) is 60.7 Å². The first kappa shape index (κ1) is 23.6. The highest BCUT2D eigenvalue weighted by Gasteiger charge is 2.24. The summed E-state index contributed by atoms with van der Waals surface area (Å²) in [5, 5.41) is 0. The average molecular weight is 461 g/mol. The second-order valence-electron chi connectivity index (χ2n) is 8.40. The van der Waals surface area contributed by atoms with E-state index in [1.807, 2.05) is 6.07 Å². The predicted octanol–water partition coefficient (Wildman–Crippen LogP) is 4.87. The van der Waals surface area contributed by atoms with Gasteiger partial charge in [0.25, 0.3) is 0 Å². The molecule has 0 spiro atoms. The van der Waals surface area contributed by atoms with Gasteiger partial charge in [-0.25, -0.2) is 4.39 Å². The van der Waals surface area contributed by atoms with Crippen LogP contribution >= 0.6 is 0 Å². The van der Waals surface area contributed by atoms with Crippen LogP contribution in [0.3, 0.4) is 0 Å². The zero-order valence-electron chi connectivity index (χ0n) is 19.2. The maximum absolute atomic E-state index is 14.4. The molecule has 2 atom stereocenters. The molecule has 2 N–H and O–H groups in total. The molecule has 1 aliphatic heterocycles. The lowest BCUT2D eigenvalue weighted by Gasteiger charge is -2.16. The third-order valence-corrected chi connectivity index (χ3v) is 5.84. The second-order valence-corrected chi connectivity index (χ2v) is 8.40. The van der Waals surface area contributed by atoms with Gasteiger partial charge in [0.2, 0.25) is 5.91 Å². The van der Waals surface area contributed by atoms with E-state index in [1.165, 1.54) is 23.9 Å². The molecule has 4 rings (SSSR count). The summed E-state index contributed by atoms with van der Waals surface area (Å²) in [6.45, 7) is 0.656. The molecule has 2 unspecified atom stereocenters. The molecule has 0 radical (unpaired) electrons. The monoisotopic (exact) mass is 460 g/mol. The van der Waals surface area contributed by atoms with Gasteiger partial charge in [0.1, 0.15) is 5.75 Å². The van der Waals surface area contributed by atoms with Gasteiger partial charge < -0.3 is 9.64 Å². The normalized spacial score (nSPS) is 17.7. The minimum Gasteiger partial charge on any atom is -0.453 e. The van der Waals surface area contributed by atoms with Crippen LogP contribution in [0.2, 0.25) is 0 Å². The van der Waals surface area contributed by atoms with Gasteiger partial charge in [-0.3, -0.25) is 20.6 Å². The van der Waals surface area contributed by atoms with Crippen molar-refractivity contribution in [3.05, 3.63) is 96.1 Å². The molecule has 2 heterocycles. The first-order chi connectivity index (χ1) is 16.6. The Morgan fingerprint density at radius 2 is 2.03 bits per heavy atom. The number of hydrogen-bond donors (Lipinski definition) is 2.